The third kappa shape index (κ3) is 5.41. The summed E-state index contributed by atoms with van der Waals surface area (Å²) >= 11 is 0. The molecule has 0 unspecified atom stereocenters. The molecule has 22 heavy (non-hydrogen) atoms. The van der Waals surface area contributed by atoms with Crippen LogP contribution in [0.15, 0.2) is 24.3 Å². The second-order valence-electron chi connectivity index (χ2n) is 5.42. The number of rotatable bonds is 7. The minimum absolute atomic E-state index is 0.0295. The van der Waals surface area contributed by atoms with Crippen molar-refractivity contribution in [1.82, 2.24) is 5.32 Å². The molecule has 1 aromatic rings. The second kappa shape index (κ2) is 6.84. The number of nitrogens with one attached hydrogen (secondary N) is 1. The highest BCUT2D eigenvalue weighted by Gasteiger charge is 2.29. The summed E-state index contributed by atoms with van der Waals surface area (Å²) in [6.45, 7) is 2.70. The van der Waals surface area contributed by atoms with Gasteiger partial charge in [0.25, 0.3) is 15.8 Å². The van der Waals surface area contributed by atoms with Crippen molar-refractivity contribution in [2.24, 2.45) is 5.41 Å². The summed E-state index contributed by atoms with van der Waals surface area (Å²) in [6.07, 6.45) is 0.897. The molecular formula is C13H18N2O6S. The average Bonchev–Trinajstić information content (AvgIpc) is 2.42. The first-order valence-corrected chi connectivity index (χ1v) is 8.19. The highest BCUT2D eigenvalue weighted by molar-refractivity contribution is 7.85. The fourth-order valence-electron chi connectivity index (χ4n) is 1.57. The van der Waals surface area contributed by atoms with Crippen LogP contribution in [-0.2, 0) is 25.6 Å². The number of benzene rings is 1. The predicted molar refractivity (Wildman–Crippen MR) is 79.5 cm³/mol. The van der Waals surface area contributed by atoms with Gasteiger partial charge < -0.3 is 5.32 Å². The number of amides is 1. The lowest BCUT2D eigenvalue weighted by atomic mass is 9.93. The Balaban J connectivity index is 2.72. The van der Waals surface area contributed by atoms with E-state index in [1.165, 1.54) is 26.0 Å². The summed E-state index contributed by atoms with van der Waals surface area (Å²) in [6, 6.07) is 6.05. The van der Waals surface area contributed by atoms with Crippen molar-refractivity contribution < 1.29 is 22.3 Å². The Morgan fingerprint density at radius 2 is 1.95 bits per heavy atom. The minimum Gasteiger partial charge on any atom is -0.351 e. The molecule has 8 nitrogen and oxygen atoms in total. The van der Waals surface area contributed by atoms with Crippen LogP contribution in [0.5, 0.6) is 0 Å². The third-order valence-corrected chi connectivity index (χ3v) is 3.42. The first kappa shape index (κ1) is 18.1. The third-order valence-electron chi connectivity index (χ3n) is 2.88. The Morgan fingerprint density at radius 1 is 1.36 bits per heavy atom. The molecule has 0 heterocycles. The normalized spacial score (nSPS) is 12.0. The molecule has 0 bridgehead atoms. The van der Waals surface area contributed by atoms with Gasteiger partial charge in [-0.3, -0.25) is 19.1 Å². The molecule has 0 radical (unpaired) electrons. The molecule has 1 amide bonds. The van der Waals surface area contributed by atoms with Gasteiger partial charge in [0, 0.05) is 18.2 Å². The van der Waals surface area contributed by atoms with Gasteiger partial charge in [0.15, 0.2) is 0 Å². The first-order valence-electron chi connectivity index (χ1n) is 6.38. The van der Waals surface area contributed by atoms with Crippen molar-refractivity contribution in [2.45, 2.75) is 20.4 Å². The maximum absolute atomic E-state index is 12.1. The summed E-state index contributed by atoms with van der Waals surface area (Å²) in [7, 11) is -3.65. The highest BCUT2D eigenvalue weighted by atomic mass is 32.2. The van der Waals surface area contributed by atoms with E-state index in [9.17, 15) is 23.3 Å². The van der Waals surface area contributed by atoms with E-state index >= 15 is 0 Å². The monoisotopic (exact) mass is 330 g/mol. The molecular weight excluding hydrogens is 312 g/mol. The molecule has 122 valence electrons. The van der Waals surface area contributed by atoms with Gasteiger partial charge in [-0.2, -0.15) is 8.42 Å². The number of hydrogen-bond acceptors (Lipinski definition) is 6. The van der Waals surface area contributed by atoms with Gasteiger partial charge >= 0.3 is 0 Å². The number of carbonyl (C=O) groups excluding carboxylic acids is 1. The van der Waals surface area contributed by atoms with Crippen LogP contribution < -0.4 is 5.32 Å². The first-order chi connectivity index (χ1) is 10.0. The Labute approximate surface area is 128 Å². The zero-order valence-electron chi connectivity index (χ0n) is 12.5. The Kier molecular flexibility index (Phi) is 5.61. The minimum atomic E-state index is -3.65. The SMILES string of the molecule is CC(C)(COS(C)(=O)=O)C(=O)NCc1ccccc1[N+](=O)[O-]. The average molecular weight is 330 g/mol. The summed E-state index contributed by atoms with van der Waals surface area (Å²) in [4.78, 5) is 22.4. The van der Waals surface area contributed by atoms with Gasteiger partial charge in [0.05, 0.1) is 23.2 Å². The number of para-hydroxylation sites is 1. The van der Waals surface area contributed by atoms with Crippen LogP contribution >= 0.6 is 0 Å². The molecule has 0 atom stereocenters. The van der Waals surface area contributed by atoms with E-state index in [2.05, 4.69) is 9.50 Å². The fourth-order valence-corrected chi connectivity index (χ4v) is 2.08. The summed E-state index contributed by atoms with van der Waals surface area (Å²) in [5.74, 6) is -0.464. The fraction of sp³-hybridized carbons (Fsp3) is 0.462. The van der Waals surface area contributed by atoms with Crippen molar-refractivity contribution in [1.29, 1.82) is 0 Å². The maximum Gasteiger partial charge on any atom is 0.274 e. The van der Waals surface area contributed by atoms with Gasteiger partial charge in [-0.15, -0.1) is 0 Å². The molecule has 1 aromatic carbocycles. The van der Waals surface area contributed by atoms with Crippen LogP contribution in [0.3, 0.4) is 0 Å². The van der Waals surface area contributed by atoms with Gasteiger partial charge in [-0.1, -0.05) is 18.2 Å². The number of nitro benzene ring substituents is 1. The largest absolute Gasteiger partial charge is 0.351 e. The summed E-state index contributed by atoms with van der Waals surface area (Å²) in [5.41, 5.74) is -0.819. The molecule has 0 saturated heterocycles. The molecule has 9 heteroatoms. The van der Waals surface area contributed by atoms with Crippen LogP contribution in [0.1, 0.15) is 19.4 Å². The van der Waals surface area contributed by atoms with Crippen LogP contribution in [0.25, 0.3) is 0 Å². The van der Waals surface area contributed by atoms with Crippen molar-refractivity contribution in [3.63, 3.8) is 0 Å². The number of nitro groups is 1. The van der Waals surface area contributed by atoms with Gasteiger partial charge in [-0.05, 0) is 13.8 Å². The Hall–Kier alpha value is -2.00. The second-order valence-corrected chi connectivity index (χ2v) is 7.06. The molecule has 0 aliphatic heterocycles. The van der Waals surface area contributed by atoms with Crippen molar-refractivity contribution in [3.8, 4) is 0 Å². The van der Waals surface area contributed by atoms with E-state index in [1.807, 2.05) is 0 Å². The lowest BCUT2D eigenvalue weighted by Crippen LogP contribution is -2.40. The smallest absolute Gasteiger partial charge is 0.274 e. The highest BCUT2D eigenvalue weighted by Crippen LogP contribution is 2.20. The molecule has 0 saturated carbocycles. The van der Waals surface area contributed by atoms with E-state index in [-0.39, 0.29) is 18.8 Å². The molecule has 1 N–H and O–H groups in total. The topological polar surface area (TPSA) is 116 Å². The summed E-state index contributed by atoms with van der Waals surface area (Å²) < 4.78 is 26.6. The number of hydrogen-bond donors (Lipinski definition) is 1. The van der Waals surface area contributed by atoms with E-state index in [1.54, 1.807) is 12.1 Å². The predicted octanol–water partition coefficient (Wildman–Crippen LogP) is 1.21. The van der Waals surface area contributed by atoms with Crippen molar-refractivity contribution in [2.75, 3.05) is 12.9 Å². The van der Waals surface area contributed by atoms with E-state index in [0.717, 1.165) is 6.26 Å². The molecule has 0 spiro atoms. The molecule has 0 fully saturated rings. The van der Waals surface area contributed by atoms with Gasteiger partial charge in [0.1, 0.15) is 0 Å². The number of nitrogens with zero attached hydrogens (tertiary/aromatic N) is 1. The van der Waals surface area contributed by atoms with Gasteiger partial charge in [-0.25, -0.2) is 0 Å². The van der Waals surface area contributed by atoms with Crippen LogP contribution in [0.4, 0.5) is 5.69 Å². The van der Waals surface area contributed by atoms with Crippen molar-refractivity contribution >= 4 is 21.7 Å². The Bertz CT molecular complexity index is 669. The molecule has 0 aliphatic carbocycles. The van der Waals surface area contributed by atoms with E-state index < -0.39 is 26.4 Å². The Morgan fingerprint density at radius 3 is 2.50 bits per heavy atom. The summed E-state index contributed by atoms with van der Waals surface area (Å²) in [5, 5.41) is 13.4. The van der Waals surface area contributed by atoms with E-state index in [0.29, 0.717) is 5.56 Å². The van der Waals surface area contributed by atoms with Crippen LogP contribution in [0, 0.1) is 15.5 Å². The maximum atomic E-state index is 12.1. The molecule has 0 aliphatic rings. The van der Waals surface area contributed by atoms with E-state index in [4.69, 9.17) is 0 Å². The lowest BCUT2D eigenvalue weighted by molar-refractivity contribution is -0.385. The van der Waals surface area contributed by atoms with Crippen LogP contribution in [-0.4, -0.2) is 32.1 Å². The van der Waals surface area contributed by atoms with Crippen LogP contribution in [0.2, 0.25) is 0 Å². The number of carbonyl (C=O) groups is 1. The zero-order valence-corrected chi connectivity index (χ0v) is 13.3. The van der Waals surface area contributed by atoms with Crippen molar-refractivity contribution in [3.05, 3.63) is 39.9 Å². The zero-order chi connectivity index (χ0) is 17.0. The van der Waals surface area contributed by atoms with Gasteiger partial charge in [0.2, 0.25) is 5.91 Å². The molecule has 0 aromatic heterocycles. The molecule has 1 rings (SSSR count). The quantitative estimate of drug-likeness (QED) is 0.456. The lowest BCUT2D eigenvalue weighted by Gasteiger charge is -2.22. The standard InChI is InChI=1S/C13H18N2O6S/c1-13(2,9-21-22(3,19)20)12(16)14-8-10-6-4-5-7-11(10)15(17)18/h4-7H,8-9H2,1-3H3,(H,14,16).